The number of aliphatic imine (C=N–C) groups is 1. The van der Waals surface area contributed by atoms with Crippen LogP contribution in [-0.4, -0.2) is 57.6 Å². The summed E-state index contributed by atoms with van der Waals surface area (Å²) in [6.45, 7) is 2.99. The van der Waals surface area contributed by atoms with Gasteiger partial charge in [0.1, 0.15) is 17.4 Å². The molecule has 0 unspecified atom stereocenters. The lowest BCUT2D eigenvalue weighted by atomic mass is 10.0. The Balaban J connectivity index is 1.50. The van der Waals surface area contributed by atoms with Crippen LogP contribution < -0.4 is 0 Å². The molecule has 7 nitrogen and oxygen atoms in total. The maximum absolute atomic E-state index is 12.7. The number of ether oxygens (including phenoxy) is 1. The van der Waals surface area contributed by atoms with E-state index in [0.29, 0.717) is 56.0 Å². The van der Waals surface area contributed by atoms with Crippen molar-refractivity contribution in [1.82, 2.24) is 19.7 Å². The van der Waals surface area contributed by atoms with E-state index in [4.69, 9.17) is 21.3 Å². The van der Waals surface area contributed by atoms with Crippen LogP contribution in [0.4, 0.5) is 0 Å². The highest BCUT2D eigenvalue weighted by atomic mass is 79.9. The molecule has 5 rings (SSSR count). The number of morpholine rings is 1. The molecule has 2 aliphatic heterocycles. The van der Waals surface area contributed by atoms with Crippen LogP contribution in [0.25, 0.3) is 5.00 Å². The summed E-state index contributed by atoms with van der Waals surface area (Å²) < 4.78 is 7.44. The average molecular weight is 535 g/mol. The lowest BCUT2D eigenvalue weighted by Gasteiger charge is -2.26. The van der Waals surface area contributed by atoms with Crippen molar-refractivity contribution >= 4 is 50.5 Å². The molecular weight excluding hydrogens is 514 g/mol. The van der Waals surface area contributed by atoms with E-state index in [0.717, 1.165) is 38.4 Å². The SMILES string of the molecule is O=C(CCc1cc2c(s1)-n1c(CBr)nnc1CN=C2c1ccccc1Cl)N1CCOCC1. The van der Waals surface area contributed by atoms with Crippen LogP contribution in [0.3, 0.4) is 0 Å². The minimum Gasteiger partial charge on any atom is -0.378 e. The Hall–Kier alpha value is -2.07. The average Bonchev–Trinajstić information content (AvgIpc) is 3.39. The maximum Gasteiger partial charge on any atom is 0.223 e. The van der Waals surface area contributed by atoms with Gasteiger partial charge in [-0.15, -0.1) is 21.5 Å². The standard InChI is InChI=1S/C22H21BrClN5O2S/c23-12-18-26-27-19-13-25-21(15-3-1-2-4-17(15)24)16-11-14(32-22(16)29(18)19)5-6-20(30)28-7-9-31-10-8-28/h1-4,11H,5-10,12-13H2. The molecule has 0 radical (unpaired) electrons. The zero-order chi connectivity index (χ0) is 22.1. The molecule has 166 valence electrons. The number of fused-ring (bicyclic) bond motifs is 3. The molecule has 3 aromatic rings. The van der Waals surface area contributed by atoms with Gasteiger partial charge in [-0.2, -0.15) is 0 Å². The summed E-state index contributed by atoms with van der Waals surface area (Å²) in [6, 6.07) is 9.89. The van der Waals surface area contributed by atoms with Crippen molar-refractivity contribution in [2.24, 2.45) is 4.99 Å². The van der Waals surface area contributed by atoms with Crippen LogP contribution >= 0.6 is 38.9 Å². The van der Waals surface area contributed by atoms with E-state index in [1.165, 1.54) is 0 Å². The Morgan fingerprint density at radius 3 is 2.78 bits per heavy atom. The number of carbonyl (C=O) groups is 1. The van der Waals surface area contributed by atoms with Crippen LogP contribution in [0, 0.1) is 0 Å². The van der Waals surface area contributed by atoms with E-state index in [-0.39, 0.29) is 5.91 Å². The third-order valence-corrected chi connectivity index (χ3v) is 7.61. The smallest absolute Gasteiger partial charge is 0.223 e. The van der Waals surface area contributed by atoms with Gasteiger partial charge in [-0.1, -0.05) is 45.7 Å². The molecule has 2 aliphatic rings. The molecule has 0 aliphatic carbocycles. The van der Waals surface area contributed by atoms with Crippen molar-refractivity contribution in [2.45, 2.75) is 24.7 Å². The second kappa shape index (κ2) is 9.43. The Kier molecular flexibility index (Phi) is 6.41. The van der Waals surface area contributed by atoms with Gasteiger partial charge in [-0.25, -0.2) is 0 Å². The topological polar surface area (TPSA) is 72.6 Å². The van der Waals surface area contributed by atoms with Gasteiger partial charge in [0, 0.05) is 40.5 Å². The predicted octanol–water partition coefficient (Wildman–Crippen LogP) is 4.02. The van der Waals surface area contributed by atoms with Crippen LogP contribution in [0.1, 0.15) is 34.1 Å². The second-order valence-corrected chi connectivity index (χ2v) is 9.65. The van der Waals surface area contributed by atoms with Crippen LogP contribution in [-0.2, 0) is 27.8 Å². The zero-order valence-corrected chi connectivity index (χ0v) is 20.4. The number of hydrogen-bond acceptors (Lipinski definition) is 6. The summed E-state index contributed by atoms with van der Waals surface area (Å²) in [6.07, 6.45) is 1.14. The van der Waals surface area contributed by atoms with Crippen molar-refractivity contribution < 1.29 is 9.53 Å². The molecule has 32 heavy (non-hydrogen) atoms. The quantitative estimate of drug-likeness (QED) is 0.464. The molecule has 1 fully saturated rings. The van der Waals surface area contributed by atoms with Gasteiger partial charge in [-0.05, 0) is 18.6 Å². The van der Waals surface area contributed by atoms with E-state index >= 15 is 0 Å². The minimum absolute atomic E-state index is 0.169. The van der Waals surface area contributed by atoms with E-state index < -0.39 is 0 Å². The van der Waals surface area contributed by atoms with Gasteiger partial charge in [0.25, 0.3) is 0 Å². The van der Waals surface area contributed by atoms with Crippen molar-refractivity contribution in [3.05, 3.63) is 63.0 Å². The summed E-state index contributed by atoms with van der Waals surface area (Å²) in [5.41, 5.74) is 2.74. The third-order valence-electron chi connectivity index (χ3n) is 5.59. The highest BCUT2D eigenvalue weighted by Gasteiger charge is 2.26. The van der Waals surface area contributed by atoms with Crippen molar-refractivity contribution in [3.8, 4) is 5.00 Å². The lowest BCUT2D eigenvalue weighted by molar-refractivity contribution is -0.135. The number of nitrogens with zero attached hydrogens (tertiary/aromatic N) is 5. The summed E-state index contributed by atoms with van der Waals surface area (Å²) in [5, 5.41) is 10.9. The monoisotopic (exact) mass is 533 g/mol. The number of halogens is 2. The number of aromatic nitrogens is 3. The number of carbonyl (C=O) groups excluding carboxylic acids is 1. The minimum atomic E-state index is 0.169. The third kappa shape index (κ3) is 4.14. The molecule has 0 saturated carbocycles. The Morgan fingerprint density at radius 1 is 1.19 bits per heavy atom. The number of amides is 1. The normalized spacial score (nSPS) is 15.7. The number of hydrogen-bond donors (Lipinski definition) is 0. The Labute approximate surface area is 203 Å². The van der Waals surface area contributed by atoms with Gasteiger partial charge in [0.2, 0.25) is 5.91 Å². The fourth-order valence-corrected chi connectivity index (χ4v) is 5.77. The lowest BCUT2D eigenvalue weighted by Crippen LogP contribution is -2.40. The Bertz CT molecular complexity index is 1180. The fourth-order valence-electron chi connectivity index (χ4n) is 3.99. The summed E-state index contributed by atoms with van der Waals surface area (Å²) in [4.78, 5) is 20.5. The predicted molar refractivity (Wildman–Crippen MR) is 128 cm³/mol. The number of alkyl halides is 1. The molecule has 10 heteroatoms. The highest BCUT2D eigenvalue weighted by molar-refractivity contribution is 9.08. The highest BCUT2D eigenvalue weighted by Crippen LogP contribution is 2.35. The number of thiophene rings is 1. The van der Waals surface area contributed by atoms with Crippen LogP contribution in [0.2, 0.25) is 5.02 Å². The second-order valence-electron chi connectivity index (χ2n) is 7.57. The van der Waals surface area contributed by atoms with Gasteiger partial charge in [0.15, 0.2) is 5.82 Å². The van der Waals surface area contributed by atoms with Gasteiger partial charge in [0.05, 0.1) is 24.3 Å². The molecule has 1 saturated heterocycles. The number of rotatable bonds is 5. The molecule has 1 aromatic carbocycles. The molecule has 4 heterocycles. The molecule has 2 aromatic heterocycles. The first-order valence-electron chi connectivity index (χ1n) is 10.4. The van der Waals surface area contributed by atoms with Gasteiger partial charge < -0.3 is 9.64 Å². The van der Waals surface area contributed by atoms with Crippen LogP contribution in [0.5, 0.6) is 0 Å². The first kappa shape index (κ1) is 21.8. The molecule has 0 bridgehead atoms. The largest absolute Gasteiger partial charge is 0.378 e. The van der Waals surface area contributed by atoms with Crippen molar-refractivity contribution in [1.29, 1.82) is 0 Å². The fraction of sp³-hybridized carbons (Fsp3) is 0.364. The number of benzene rings is 1. The molecule has 0 atom stereocenters. The maximum atomic E-state index is 12.7. The van der Waals surface area contributed by atoms with Gasteiger partial charge >= 0.3 is 0 Å². The summed E-state index contributed by atoms with van der Waals surface area (Å²) in [5.74, 6) is 1.79. The first-order valence-corrected chi connectivity index (χ1v) is 12.7. The molecule has 0 N–H and O–H groups in total. The van der Waals surface area contributed by atoms with Crippen molar-refractivity contribution in [2.75, 3.05) is 26.3 Å². The van der Waals surface area contributed by atoms with Crippen molar-refractivity contribution in [3.63, 3.8) is 0 Å². The summed E-state index contributed by atoms with van der Waals surface area (Å²) in [7, 11) is 0. The summed E-state index contributed by atoms with van der Waals surface area (Å²) >= 11 is 11.7. The van der Waals surface area contributed by atoms with E-state index in [1.54, 1.807) is 11.3 Å². The first-order chi connectivity index (χ1) is 15.7. The Morgan fingerprint density at radius 2 is 2.00 bits per heavy atom. The zero-order valence-electron chi connectivity index (χ0n) is 17.3. The molecular formula is C22H21BrClN5O2S. The van der Waals surface area contributed by atoms with E-state index in [1.807, 2.05) is 29.2 Å². The molecule has 0 spiro atoms. The van der Waals surface area contributed by atoms with Crippen LogP contribution in [0.15, 0.2) is 35.3 Å². The molecule has 1 amide bonds. The van der Waals surface area contributed by atoms with E-state index in [9.17, 15) is 4.79 Å². The van der Waals surface area contributed by atoms with Gasteiger partial charge in [-0.3, -0.25) is 14.4 Å². The number of aryl methyl sites for hydroxylation is 1. The van der Waals surface area contributed by atoms with E-state index in [2.05, 4.69) is 36.8 Å².